The van der Waals surface area contributed by atoms with Gasteiger partial charge in [0.15, 0.2) is 0 Å². The second kappa shape index (κ2) is 6.29. The van der Waals surface area contributed by atoms with Crippen molar-refractivity contribution in [3.63, 3.8) is 0 Å². The molecule has 0 saturated heterocycles. The summed E-state index contributed by atoms with van der Waals surface area (Å²) >= 11 is 0. The summed E-state index contributed by atoms with van der Waals surface area (Å²) in [5.74, 6) is 0.340. The Labute approximate surface area is 112 Å². The second-order valence-corrected chi connectivity index (χ2v) is 4.27. The van der Waals surface area contributed by atoms with Crippen molar-refractivity contribution in [2.45, 2.75) is 13.0 Å². The van der Waals surface area contributed by atoms with Crippen LogP contribution in [0.2, 0.25) is 0 Å². The predicted octanol–water partition coefficient (Wildman–Crippen LogP) is 0.860. The lowest BCUT2D eigenvalue weighted by Crippen LogP contribution is -2.41. The monoisotopic (exact) mass is 268 g/mol. The molecule has 0 fully saturated rings. The molecule has 0 saturated carbocycles. The highest BCUT2D eigenvalue weighted by atomic mass is 16.5. The molecule has 19 heavy (non-hydrogen) atoms. The average Bonchev–Trinajstić information content (AvgIpc) is 2.37. The number of nitrogens with zero attached hydrogens (tertiary/aromatic N) is 1. The first kappa shape index (κ1) is 15.1. The van der Waals surface area contributed by atoms with Crippen molar-refractivity contribution >= 4 is 11.7 Å². The predicted molar refractivity (Wildman–Crippen MR) is 73.2 cm³/mol. The lowest BCUT2D eigenvalue weighted by Gasteiger charge is -2.25. The molecule has 0 bridgehead atoms. The number of carboxylic acids is 1. The van der Waals surface area contributed by atoms with Crippen LogP contribution in [-0.4, -0.2) is 44.9 Å². The van der Waals surface area contributed by atoms with E-state index in [0.717, 1.165) is 17.0 Å². The van der Waals surface area contributed by atoms with Crippen molar-refractivity contribution in [3.8, 4) is 11.5 Å². The number of rotatable bonds is 6. The van der Waals surface area contributed by atoms with Crippen LogP contribution in [0.3, 0.4) is 0 Å². The number of benzene rings is 1. The number of nitrogens with two attached hydrogens (primary N) is 1. The van der Waals surface area contributed by atoms with E-state index >= 15 is 0 Å². The van der Waals surface area contributed by atoms with Gasteiger partial charge in [-0.15, -0.1) is 0 Å². The molecular formula is C13H20N2O4. The van der Waals surface area contributed by atoms with Gasteiger partial charge in [-0.2, -0.15) is 0 Å². The van der Waals surface area contributed by atoms with Crippen molar-refractivity contribution in [2.24, 2.45) is 5.73 Å². The Kier molecular flexibility index (Phi) is 5.00. The zero-order valence-electron chi connectivity index (χ0n) is 11.6. The highest BCUT2D eigenvalue weighted by Crippen LogP contribution is 2.36. The van der Waals surface area contributed by atoms with Gasteiger partial charge in [0.1, 0.15) is 17.5 Å². The molecule has 6 nitrogen and oxygen atoms in total. The van der Waals surface area contributed by atoms with E-state index in [1.165, 1.54) is 0 Å². The number of aliphatic carboxylic acids is 1. The maximum Gasteiger partial charge on any atom is 0.322 e. The number of likely N-dealkylation sites (N-methyl/N-ethyl adjacent to an activating group) is 1. The Morgan fingerprint density at radius 3 is 2.53 bits per heavy atom. The summed E-state index contributed by atoms with van der Waals surface area (Å²) in [4.78, 5) is 12.5. The molecule has 0 radical (unpaired) electrons. The number of methoxy groups -OCH3 is 2. The Hall–Kier alpha value is -1.95. The van der Waals surface area contributed by atoms with E-state index < -0.39 is 12.0 Å². The Balaban J connectivity index is 3.06. The fourth-order valence-electron chi connectivity index (χ4n) is 1.91. The van der Waals surface area contributed by atoms with Gasteiger partial charge in [-0.1, -0.05) is 0 Å². The van der Waals surface area contributed by atoms with Crippen molar-refractivity contribution in [3.05, 3.63) is 17.7 Å². The van der Waals surface area contributed by atoms with Crippen LogP contribution in [0, 0.1) is 6.92 Å². The first-order valence-electron chi connectivity index (χ1n) is 5.83. The molecule has 0 aromatic heterocycles. The lowest BCUT2D eigenvalue weighted by atomic mass is 10.1. The van der Waals surface area contributed by atoms with Gasteiger partial charge >= 0.3 is 5.97 Å². The summed E-state index contributed by atoms with van der Waals surface area (Å²) in [5.41, 5.74) is 7.17. The van der Waals surface area contributed by atoms with Crippen LogP contribution in [0.4, 0.5) is 5.69 Å². The van der Waals surface area contributed by atoms with Crippen LogP contribution in [0.15, 0.2) is 12.1 Å². The molecule has 1 aromatic carbocycles. The van der Waals surface area contributed by atoms with Crippen LogP contribution >= 0.6 is 0 Å². The minimum absolute atomic E-state index is 0.192. The third-order valence-electron chi connectivity index (χ3n) is 2.96. The molecule has 0 aliphatic carbocycles. The summed E-state index contributed by atoms with van der Waals surface area (Å²) in [6.07, 6.45) is 0. The first-order chi connectivity index (χ1) is 8.92. The highest BCUT2D eigenvalue weighted by Gasteiger charge is 2.19. The topological polar surface area (TPSA) is 85.0 Å². The Bertz CT molecular complexity index is 462. The van der Waals surface area contributed by atoms with Gasteiger partial charge in [0.2, 0.25) is 0 Å². The van der Waals surface area contributed by atoms with Crippen molar-refractivity contribution in [1.82, 2.24) is 0 Å². The van der Waals surface area contributed by atoms with Crippen molar-refractivity contribution in [2.75, 3.05) is 32.7 Å². The normalized spacial score (nSPS) is 11.8. The van der Waals surface area contributed by atoms with Crippen molar-refractivity contribution in [1.29, 1.82) is 0 Å². The molecule has 6 heteroatoms. The summed E-state index contributed by atoms with van der Waals surface area (Å²) < 4.78 is 10.6. The van der Waals surface area contributed by atoms with E-state index in [0.29, 0.717) is 5.75 Å². The van der Waals surface area contributed by atoms with Crippen LogP contribution in [0.5, 0.6) is 11.5 Å². The average molecular weight is 268 g/mol. The molecular weight excluding hydrogens is 248 g/mol. The van der Waals surface area contributed by atoms with E-state index in [-0.39, 0.29) is 6.54 Å². The fraction of sp³-hybridized carbons (Fsp3) is 0.462. The van der Waals surface area contributed by atoms with Gasteiger partial charge in [0.25, 0.3) is 0 Å². The van der Waals surface area contributed by atoms with Gasteiger partial charge in [0.05, 0.1) is 19.9 Å². The molecule has 1 atom stereocenters. The number of ether oxygens (including phenoxy) is 2. The van der Waals surface area contributed by atoms with Crippen LogP contribution in [-0.2, 0) is 4.79 Å². The van der Waals surface area contributed by atoms with Crippen LogP contribution in [0.1, 0.15) is 5.56 Å². The van der Waals surface area contributed by atoms with Crippen LogP contribution in [0.25, 0.3) is 0 Å². The van der Waals surface area contributed by atoms with E-state index in [1.807, 2.05) is 19.1 Å². The van der Waals surface area contributed by atoms with E-state index in [1.54, 1.807) is 26.2 Å². The summed E-state index contributed by atoms with van der Waals surface area (Å²) in [6.45, 7) is 2.07. The smallest absolute Gasteiger partial charge is 0.322 e. The number of anilines is 1. The van der Waals surface area contributed by atoms with Gasteiger partial charge < -0.3 is 25.2 Å². The van der Waals surface area contributed by atoms with E-state index in [2.05, 4.69) is 0 Å². The Morgan fingerprint density at radius 2 is 2.05 bits per heavy atom. The summed E-state index contributed by atoms with van der Waals surface area (Å²) in [6, 6.07) is 2.69. The zero-order chi connectivity index (χ0) is 14.6. The number of hydrogen-bond donors (Lipinski definition) is 2. The highest BCUT2D eigenvalue weighted by molar-refractivity contribution is 5.74. The maximum atomic E-state index is 10.8. The number of hydrogen-bond acceptors (Lipinski definition) is 5. The molecule has 1 unspecified atom stereocenters. The molecule has 106 valence electrons. The second-order valence-electron chi connectivity index (χ2n) is 4.27. The first-order valence-corrected chi connectivity index (χ1v) is 5.83. The maximum absolute atomic E-state index is 10.8. The molecule has 0 spiro atoms. The van der Waals surface area contributed by atoms with E-state index in [4.69, 9.17) is 20.3 Å². The van der Waals surface area contributed by atoms with Crippen LogP contribution < -0.4 is 20.1 Å². The largest absolute Gasteiger partial charge is 0.496 e. The third kappa shape index (κ3) is 3.29. The van der Waals surface area contributed by atoms with Gasteiger partial charge in [-0.25, -0.2) is 0 Å². The third-order valence-corrected chi connectivity index (χ3v) is 2.96. The molecule has 0 aliphatic heterocycles. The molecule has 0 aliphatic rings. The number of carbonyl (C=O) groups is 1. The lowest BCUT2D eigenvalue weighted by molar-refractivity contribution is -0.138. The standard InChI is InChI=1S/C13H20N2O4/c1-8-11(18-3)6-5-10(12(8)19-4)15(2)7-9(14)13(16)17/h5-6,9H,7,14H2,1-4H3,(H,16,17). The SMILES string of the molecule is COc1ccc(N(C)CC(N)C(=O)O)c(OC)c1C. The van der Waals surface area contributed by atoms with Gasteiger partial charge in [-0.3, -0.25) is 4.79 Å². The molecule has 1 rings (SSSR count). The minimum atomic E-state index is -1.03. The van der Waals surface area contributed by atoms with E-state index in [9.17, 15) is 4.79 Å². The number of carboxylic acid groups (broad SMARTS) is 1. The molecule has 0 amide bonds. The minimum Gasteiger partial charge on any atom is -0.496 e. The summed E-state index contributed by atoms with van der Waals surface area (Å²) in [5, 5.41) is 8.84. The fourth-order valence-corrected chi connectivity index (χ4v) is 1.91. The molecule has 0 heterocycles. The molecule has 3 N–H and O–H groups in total. The quantitative estimate of drug-likeness (QED) is 0.796. The summed E-state index contributed by atoms with van der Waals surface area (Å²) in [7, 11) is 4.92. The molecule has 1 aromatic rings. The van der Waals surface area contributed by atoms with Gasteiger partial charge in [-0.05, 0) is 19.1 Å². The van der Waals surface area contributed by atoms with Crippen molar-refractivity contribution < 1.29 is 19.4 Å². The zero-order valence-corrected chi connectivity index (χ0v) is 11.6. The van der Waals surface area contributed by atoms with Gasteiger partial charge in [0, 0.05) is 19.2 Å². The Morgan fingerprint density at radius 1 is 1.42 bits per heavy atom.